The van der Waals surface area contributed by atoms with Gasteiger partial charge in [-0.3, -0.25) is 9.59 Å². The summed E-state index contributed by atoms with van der Waals surface area (Å²) in [6.45, 7) is 0. The molecule has 1 N–H and O–H groups in total. The summed E-state index contributed by atoms with van der Waals surface area (Å²) in [7, 11) is 0. The first-order chi connectivity index (χ1) is 6.68. The number of rotatable bonds is 2. The number of carbonyl (C=O) groups is 2. The lowest BCUT2D eigenvalue weighted by Gasteiger charge is -2.21. The zero-order valence-corrected chi connectivity index (χ0v) is 7.25. The maximum absolute atomic E-state index is 11.3. The number of carboxylic acids is 1. The quantitative estimate of drug-likeness (QED) is 0.676. The van der Waals surface area contributed by atoms with Crippen molar-refractivity contribution in [2.75, 3.05) is 0 Å². The van der Waals surface area contributed by atoms with E-state index in [1.165, 1.54) is 0 Å². The highest BCUT2D eigenvalue weighted by Crippen LogP contribution is 2.18. The maximum Gasteiger partial charge on any atom is 0.306 e. The van der Waals surface area contributed by atoms with Crippen molar-refractivity contribution in [2.45, 2.75) is 12.5 Å². The molecule has 0 radical (unpaired) electrons. The van der Waals surface area contributed by atoms with Crippen LogP contribution in [-0.4, -0.2) is 33.8 Å². The zero-order valence-electron chi connectivity index (χ0n) is 7.25. The first-order valence-electron chi connectivity index (χ1n) is 4.16. The molecule has 0 aromatic heterocycles. The van der Waals surface area contributed by atoms with Gasteiger partial charge in [0.2, 0.25) is 0 Å². The number of amides is 1. The van der Waals surface area contributed by atoms with Crippen LogP contribution in [0.3, 0.4) is 0 Å². The molecule has 2 rings (SSSR count). The summed E-state index contributed by atoms with van der Waals surface area (Å²) < 4.78 is 0. The molecule has 72 valence electrons. The highest BCUT2D eigenvalue weighted by Gasteiger charge is 2.34. The smallest absolute Gasteiger partial charge is 0.306 e. The van der Waals surface area contributed by atoms with E-state index in [0.29, 0.717) is 5.84 Å². The van der Waals surface area contributed by atoms with Crippen molar-refractivity contribution < 1.29 is 14.7 Å². The number of hydrogen-bond donors (Lipinski definition) is 1. The van der Waals surface area contributed by atoms with E-state index in [0.717, 1.165) is 0 Å². The molecule has 2 heterocycles. The summed E-state index contributed by atoms with van der Waals surface area (Å²) in [5, 5.41) is 8.61. The lowest BCUT2D eigenvalue weighted by Crippen LogP contribution is -2.35. The Bertz CT molecular complexity index is 382. The molecule has 5 heteroatoms. The van der Waals surface area contributed by atoms with Gasteiger partial charge < -0.3 is 10.0 Å². The summed E-state index contributed by atoms with van der Waals surface area (Å²) in [6.07, 6.45) is 6.62. The second kappa shape index (κ2) is 3.10. The molecule has 0 spiro atoms. The third-order valence-electron chi connectivity index (χ3n) is 2.08. The van der Waals surface area contributed by atoms with Gasteiger partial charge >= 0.3 is 5.97 Å². The third kappa shape index (κ3) is 1.32. The van der Waals surface area contributed by atoms with E-state index in [-0.39, 0.29) is 6.42 Å². The van der Waals surface area contributed by atoms with Crippen molar-refractivity contribution in [3.63, 3.8) is 0 Å². The Kier molecular flexibility index (Phi) is 1.92. The normalized spacial score (nSPS) is 23.7. The predicted molar refractivity (Wildman–Crippen MR) is 48.6 cm³/mol. The van der Waals surface area contributed by atoms with E-state index in [1.54, 1.807) is 29.3 Å². The highest BCUT2D eigenvalue weighted by molar-refractivity contribution is 6.10. The van der Waals surface area contributed by atoms with Crippen LogP contribution in [0, 0.1) is 0 Å². The molecule has 2 aliphatic rings. The highest BCUT2D eigenvalue weighted by atomic mass is 16.4. The predicted octanol–water partition coefficient (Wildman–Crippen LogP) is 0.154. The molecule has 1 amide bonds. The minimum atomic E-state index is -0.997. The lowest BCUT2D eigenvalue weighted by atomic mass is 10.2. The van der Waals surface area contributed by atoms with Gasteiger partial charge in [-0.2, -0.15) is 4.99 Å². The fraction of sp³-hybridized carbons (Fsp3) is 0.222. The van der Waals surface area contributed by atoms with Gasteiger partial charge in [0.1, 0.15) is 11.9 Å². The van der Waals surface area contributed by atoms with E-state index in [4.69, 9.17) is 5.11 Å². The Morgan fingerprint density at radius 1 is 1.57 bits per heavy atom. The van der Waals surface area contributed by atoms with Crippen LogP contribution in [0.4, 0.5) is 0 Å². The maximum atomic E-state index is 11.3. The molecule has 0 saturated carbocycles. The average Bonchev–Trinajstić information content (AvgIpc) is 2.43. The monoisotopic (exact) mass is 192 g/mol. The van der Waals surface area contributed by atoms with Gasteiger partial charge in [0.15, 0.2) is 0 Å². The molecular weight excluding hydrogens is 184 g/mol. The van der Waals surface area contributed by atoms with Crippen LogP contribution in [0.15, 0.2) is 29.4 Å². The van der Waals surface area contributed by atoms with E-state index in [2.05, 4.69) is 4.99 Å². The van der Waals surface area contributed by atoms with Crippen molar-refractivity contribution in [3.8, 4) is 0 Å². The topological polar surface area (TPSA) is 70.0 Å². The summed E-state index contributed by atoms with van der Waals surface area (Å²) in [6, 6.07) is -0.677. The van der Waals surface area contributed by atoms with Gasteiger partial charge in [0.25, 0.3) is 5.91 Å². The number of allylic oxidation sites excluding steroid dienone is 2. The van der Waals surface area contributed by atoms with Crippen molar-refractivity contribution in [2.24, 2.45) is 4.99 Å². The molecule has 0 fully saturated rings. The molecule has 0 aromatic carbocycles. The van der Waals surface area contributed by atoms with Gasteiger partial charge in [0, 0.05) is 6.20 Å². The first-order valence-corrected chi connectivity index (χ1v) is 4.16. The summed E-state index contributed by atoms with van der Waals surface area (Å²) in [5.41, 5.74) is 0. The molecule has 0 aromatic rings. The van der Waals surface area contributed by atoms with Crippen LogP contribution in [0.5, 0.6) is 0 Å². The van der Waals surface area contributed by atoms with Crippen LogP contribution in [-0.2, 0) is 9.59 Å². The number of amidine groups is 1. The fourth-order valence-corrected chi connectivity index (χ4v) is 1.46. The number of carboxylic acid groups (broad SMARTS) is 1. The Hall–Kier alpha value is -1.91. The van der Waals surface area contributed by atoms with E-state index >= 15 is 0 Å². The van der Waals surface area contributed by atoms with Crippen LogP contribution in [0.2, 0.25) is 0 Å². The summed E-state index contributed by atoms with van der Waals surface area (Å²) >= 11 is 0. The minimum Gasteiger partial charge on any atom is -0.481 e. The fourth-order valence-electron chi connectivity index (χ4n) is 1.46. The molecule has 0 bridgehead atoms. The molecular formula is C9H8N2O3. The summed E-state index contributed by atoms with van der Waals surface area (Å²) in [4.78, 5) is 27.1. The van der Waals surface area contributed by atoms with Crippen molar-refractivity contribution >= 4 is 17.7 Å². The van der Waals surface area contributed by atoms with E-state index in [9.17, 15) is 9.59 Å². The first kappa shape index (κ1) is 8.68. The second-order valence-electron chi connectivity index (χ2n) is 3.03. The van der Waals surface area contributed by atoms with Gasteiger partial charge in [-0.25, -0.2) is 0 Å². The Balaban J connectivity index is 2.22. The number of hydrogen-bond acceptors (Lipinski definition) is 3. The van der Waals surface area contributed by atoms with Gasteiger partial charge in [0.05, 0.1) is 6.42 Å². The Morgan fingerprint density at radius 3 is 3.07 bits per heavy atom. The summed E-state index contributed by atoms with van der Waals surface area (Å²) in [5.74, 6) is -0.870. The second-order valence-corrected chi connectivity index (χ2v) is 3.03. The Labute approximate surface area is 80.0 Å². The number of aliphatic imine (C=N–C) groups is 1. The average molecular weight is 192 g/mol. The standard InChI is InChI=1S/C9H8N2O3/c12-8(13)5-6-9(14)10-7-3-1-2-4-11(6)7/h1-4,6H,5H2,(H,12,13)/t6-/m1/s1. The SMILES string of the molecule is O=C(O)C[C@@H]1C(=O)N=C2C=CC=CN21. The van der Waals surface area contributed by atoms with Crippen LogP contribution in [0.1, 0.15) is 6.42 Å². The molecule has 14 heavy (non-hydrogen) atoms. The van der Waals surface area contributed by atoms with Gasteiger partial charge in [-0.1, -0.05) is 6.08 Å². The molecule has 5 nitrogen and oxygen atoms in total. The number of aliphatic carboxylic acids is 1. The van der Waals surface area contributed by atoms with E-state index < -0.39 is 17.9 Å². The largest absolute Gasteiger partial charge is 0.481 e. The zero-order chi connectivity index (χ0) is 10.1. The number of fused-ring (bicyclic) bond motifs is 1. The molecule has 1 atom stereocenters. The number of carbonyl (C=O) groups excluding carboxylic acids is 1. The third-order valence-corrected chi connectivity index (χ3v) is 2.08. The molecule has 0 aliphatic carbocycles. The minimum absolute atomic E-state index is 0.218. The Morgan fingerprint density at radius 2 is 2.36 bits per heavy atom. The van der Waals surface area contributed by atoms with Crippen molar-refractivity contribution in [1.29, 1.82) is 0 Å². The van der Waals surface area contributed by atoms with Crippen LogP contribution in [0.25, 0.3) is 0 Å². The molecule has 2 aliphatic heterocycles. The van der Waals surface area contributed by atoms with Crippen LogP contribution < -0.4 is 0 Å². The number of nitrogens with zero attached hydrogens (tertiary/aromatic N) is 2. The van der Waals surface area contributed by atoms with Crippen molar-refractivity contribution in [3.05, 3.63) is 24.4 Å². The van der Waals surface area contributed by atoms with Crippen LogP contribution >= 0.6 is 0 Å². The van der Waals surface area contributed by atoms with E-state index in [1.807, 2.05) is 0 Å². The van der Waals surface area contributed by atoms with Gasteiger partial charge in [-0.05, 0) is 12.2 Å². The molecule has 0 saturated heterocycles. The molecule has 0 unspecified atom stereocenters. The lowest BCUT2D eigenvalue weighted by molar-refractivity contribution is -0.139. The van der Waals surface area contributed by atoms with Gasteiger partial charge in [-0.15, -0.1) is 0 Å². The van der Waals surface area contributed by atoms with Crippen molar-refractivity contribution in [1.82, 2.24) is 4.90 Å².